The van der Waals surface area contributed by atoms with Gasteiger partial charge in [-0.05, 0) is 45.7 Å². The predicted octanol–water partition coefficient (Wildman–Crippen LogP) is 2.55. The standard InChI is InChI=1S/C21H28N2O5/c1-12(2)22(13(3)4)23-18(15-11-9-8-10-14(15)5)16(20(25)27-6)17(19(23)24)21(26)28-7/h8-13,18H,1-7H3. The number of carbonyl (C=O) groups is 3. The third-order valence-corrected chi connectivity index (χ3v) is 4.79. The van der Waals surface area contributed by atoms with Gasteiger partial charge in [0.25, 0.3) is 5.91 Å². The molecule has 0 spiro atoms. The molecule has 0 aliphatic carbocycles. The molecule has 0 bridgehead atoms. The van der Waals surface area contributed by atoms with Gasteiger partial charge in [-0.25, -0.2) is 14.6 Å². The number of hydrogen-bond donors (Lipinski definition) is 0. The summed E-state index contributed by atoms with van der Waals surface area (Å²) in [6.07, 6.45) is 0. The van der Waals surface area contributed by atoms with Crippen LogP contribution in [-0.4, -0.2) is 54.2 Å². The number of aryl methyl sites for hydroxylation is 1. The number of amides is 1. The molecule has 28 heavy (non-hydrogen) atoms. The molecule has 1 amide bonds. The van der Waals surface area contributed by atoms with Gasteiger partial charge in [0.1, 0.15) is 11.6 Å². The van der Waals surface area contributed by atoms with Crippen molar-refractivity contribution >= 4 is 17.8 Å². The van der Waals surface area contributed by atoms with Crippen LogP contribution in [0.25, 0.3) is 0 Å². The van der Waals surface area contributed by atoms with Gasteiger partial charge in [0.05, 0.1) is 19.8 Å². The van der Waals surface area contributed by atoms with Gasteiger partial charge in [-0.2, -0.15) is 0 Å². The summed E-state index contributed by atoms with van der Waals surface area (Å²) in [7, 11) is 2.42. The molecule has 1 aliphatic heterocycles. The van der Waals surface area contributed by atoms with Crippen molar-refractivity contribution in [1.82, 2.24) is 10.0 Å². The minimum Gasteiger partial charge on any atom is -0.466 e. The molecule has 7 nitrogen and oxygen atoms in total. The number of benzene rings is 1. The second-order valence-electron chi connectivity index (χ2n) is 7.25. The van der Waals surface area contributed by atoms with Crippen LogP contribution in [0.2, 0.25) is 0 Å². The van der Waals surface area contributed by atoms with E-state index in [9.17, 15) is 14.4 Å². The summed E-state index contributed by atoms with van der Waals surface area (Å²) >= 11 is 0. The molecule has 0 saturated heterocycles. The fourth-order valence-corrected chi connectivity index (χ4v) is 3.74. The molecule has 1 unspecified atom stereocenters. The lowest BCUT2D eigenvalue weighted by Gasteiger charge is -2.42. The molecule has 0 N–H and O–H groups in total. The van der Waals surface area contributed by atoms with Crippen LogP contribution in [0.1, 0.15) is 44.9 Å². The van der Waals surface area contributed by atoms with Gasteiger partial charge < -0.3 is 9.47 Å². The predicted molar refractivity (Wildman–Crippen MR) is 104 cm³/mol. The van der Waals surface area contributed by atoms with Crippen molar-refractivity contribution in [2.45, 2.75) is 52.7 Å². The molecule has 2 rings (SSSR count). The first kappa shape index (κ1) is 21.6. The number of hydrogen-bond acceptors (Lipinski definition) is 6. The van der Waals surface area contributed by atoms with Gasteiger partial charge >= 0.3 is 11.9 Å². The van der Waals surface area contributed by atoms with E-state index in [1.54, 1.807) is 0 Å². The first-order valence-corrected chi connectivity index (χ1v) is 9.25. The molecule has 0 aromatic heterocycles. The van der Waals surface area contributed by atoms with Crippen molar-refractivity contribution in [3.05, 3.63) is 46.5 Å². The van der Waals surface area contributed by atoms with Gasteiger partial charge in [0.15, 0.2) is 0 Å². The first-order chi connectivity index (χ1) is 13.2. The molecular formula is C21H28N2O5. The van der Waals surface area contributed by atoms with E-state index < -0.39 is 23.9 Å². The number of hydrazine groups is 1. The SMILES string of the molecule is COC(=O)C1=C(C(=O)OC)C(c2ccccc2C)N(N(C(C)C)C(C)C)C1=O. The molecule has 1 aliphatic rings. The van der Waals surface area contributed by atoms with Crippen LogP contribution in [-0.2, 0) is 23.9 Å². The third kappa shape index (κ3) is 3.67. The Morgan fingerprint density at radius 3 is 2.00 bits per heavy atom. The average Bonchev–Trinajstić information content (AvgIpc) is 2.93. The van der Waals surface area contributed by atoms with Crippen LogP contribution < -0.4 is 0 Å². The summed E-state index contributed by atoms with van der Waals surface area (Å²) in [6, 6.07) is 6.59. The van der Waals surface area contributed by atoms with Crippen molar-refractivity contribution in [3.8, 4) is 0 Å². The van der Waals surface area contributed by atoms with E-state index >= 15 is 0 Å². The van der Waals surface area contributed by atoms with E-state index in [4.69, 9.17) is 9.47 Å². The average molecular weight is 388 g/mol. The number of carbonyl (C=O) groups excluding carboxylic acids is 3. The molecule has 1 aromatic rings. The van der Waals surface area contributed by atoms with Gasteiger partial charge in [-0.15, -0.1) is 0 Å². The third-order valence-electron chi connectivity index (χ3n) is 4.79. The smallest absolute Gasteiger partial charge is 0.344 e. The van der Waals surface area contributed by atoms with Crippen LogP contribution in [0.5, 0.6) is 0 Å². The summed E-state index contributed by atoms with van der Waals surface area (Å²) < 4.78 is 9.77. The summed E-state index contributed by atoms with van der Waals surface area (Å²) in [5.74, 6) is -2.14. The number of nitrogens with zero attached hydrogens (tertiary/aromatic N) is 2. The van der Waals surface area contributed by atoms with Crippen molar-refractivity contribution in [2.24, 2.45) is 0 Å². The number of esters is 2. The number of ether oxygens (including phenoxy) is 2. The van der Waals surface area contributed by atoms with Crippen molar-refractivity contribution in [1.29, 1.82) is 0 Å². The highest BCUT2D eigenvalue weighted by Gasteiger charge is 2.50. The normalized spacial score (nSPS) is 17.1. The van der Waals surface area contributed by atoms with E-state index in [1.807, 2.05) is 63.9 Å². The lowest BCUT2D eigenvalue weighted by Crippen LogP contribution is -2.53. The van der Waals surface area contributed by atoms with Gasteiger partial charge in [-0.1, -0.05) is 24.3 Å². The lowest BCUT2D eigenvalue weighted by molar-refractivity contribution is -0.158. The Balaban J connectivity index is 2.83. The van der Waals surface area contributed by atoms with E-state index in [2.05, 4.69) is 0 Å². The highest BCUT2D eigenvalue weighted by atomic mass is 16.5. The Morgan fingerprint density at radius 2 is 1.54 bits per heavy atom. The molecule has 1 heterocycles. The van der Waals surface area contributed by atoms with Gasteiger partial charge in [0, 0.05) is 12.1 Å². The van der Waals surface area contributed by atoms with Crippen LogP contribution in [0.4, 0.5) is 0 Å². The molecule has 1 aromatic carbocycles. The maximum atomic E-state index is 13.4. The molecule has 0 saturated carbocycles. The summed E-state index contributed by atoms with van der Waals surface area (Å²) in [5.41, 5.74) is 1.36. The number of methoxy groups -OCH3 is 2. The minimum absolute atomic E-state index is 0.0000463. The molecular weight excluding hydrogens is 360 g/mol. The van der Waals surface area contributed by atoms with Crippen molar-refractivity contribution in [2.75, 3.05) is 14.2 Å². The second-order valence-corrected chi connectivity index (χ2v) is 7.25. The summed E-state index contributed by atoms with van der Waals surface area (Å²) in [5, 5.41) is 3.37. The fraction of sp³-hybridized carbons (Fsp3) is 0.476. The number of rotatable bonds is 6. The van der Waals surface area contributed by atoms with E-state index in [1.165, 1.54) is 19.2 Å². The van der Waals surface area contributed by atoms with Crippen LogP contribution in [0.3, 0.4) is 0 Å². The van der Waals surface area contributed by atoms with Crippen LogP contribution in [0.15, 0.2) is 35.4 Å². The van der Waals surface area contributed by atoms with Gasteiger partial charge in [-0.3, -0.25) is 9.80 Å². The quantitative estimate of drug-likeness (QED) is 0.551. The largest absolute Gasteiger partial charge is 0.466 e. The summed E-state index contributed by atoms with van der Waals surface area (Å²) in [4.78, 5) is 38.6. The van der Waals surface area contributed by atoms with Crippen molar-refractivity contribution in [3.63, 3.8) is 0 Å². The Bertz CT molecular complexity index is 805. The van der Waals surface area contributed by atoms with E-state index in [0.29, 0.717) is 0 Å². The molecule has 0 fully saturated rings. The topological polar surface area (TPSA) is 76.2 Å². The summed E-state index contributed by atoms with van der Waals surface area (Å²) in [6.45, 7) is 9.72. The fourth-order valence-electron chi connectivity index (χ4n) is 3.74. The minimum atomic E-state index is -0.848. The first-order valence-electron chi connectivity index (χ1n) is 9.25. The maximum absolute atomic E-state index is 13.4. The zero-order valence-electron chi connectivity index (χ0n) is 17.5. The zero-order valence-corrected chi connectivity index (χ0v) is 17.5. The molecule has 7 heteroatoms. The Morgan fingerprint density at radius 1 is 1.00 bits per heavy atom. The van der Waals surface area contributed by atoms with Gasteiger partial charge in [0.2, 0.25) is 0 Å². The monoisotopic (exact) mass is 388 g/mol. The second kappa shape index (κ2) is 8.56. The van der Waals surface area contributed by atoms with E-state index in [-0.39, 0.29) is 23.2 Å². The molecule has 0 radical (unpaired) electrons. The van der Waals surface area contributed by atoms with Crippen LogP contribution in [0, 0.1) is 6.92 Å². The zero-order chi connectivity index (χ0) is 21.2. The lowest BCUT2D eigenvalue weighted by atomic mass is 9.94. The van der Waals surface area contributed by atoms with E-state index in [0.717, 1.165) is 11.1 Å². The highest BCUT2D eigenvalue weighted by molar-refractivity contribution is 6.23. The molecule has 1 atom stereocenters. The Hall–Kier alpha value is -2.67. The highest BCUT2D eigenvalue weighted by Crippen LogP contribution is 2.42. The Labute approximate surface area is 165 Å². The Kier molecular flexibility index (Phi) is 6.61. The maximum Gasteiger partial charge on any atom is 0.344 e. The van der Waals surface area contributed by atoms with Crippen molar-refractivity contribution < 1.29 is 23.9 Å². The van der Waals surface area contributed by atoms with Crippen LogP contribution >= 0.6 is 0 Å². The molecule has 152 valence electrons.